The first kappa shape index (κ1) is 23.4. The quantitative estimate of drug-likeness (QED) is 0.632. The fourth-order valence-electron chi connectivity index (χ4n) is 2.46. The minimum Gasteiger partial charge on any atom is -0.455 e. The minimum absolute atomic E-state index is 0.322. The lowest BCUT2D eigenvalue weighted by molar-refractivity contribution is -0.146. The monoisotopic (exact) mass is 444 g/mol. The van der Waals surface area contributed by atoms with E-state index in [0.717, 1.165) is 18.2 Å². The Morgan fingerprint density at radius 2 is 1.73 bits per heavy atom. The molecule has 0 radical (unpaired) electrons. The Kier molecular flexibility index (Phi) is 7.57. The van der Waals surface area contributed by atoms with Crippen molar-refractivity contribution in [3.63, 3.8) is 0 Å². The fraction of sp³-hybridized carbons (Fsp3) is 0.263. The van der Waals surface area contributed by atoms with Crippen LogP contribution in [0, 0.1) is 0 Å². The molecule has 0 fully saturated rings. The summed E-state index contributed by atoms with van der Waals surface area (Å²) in [5.41, 5.74) is -0.537. The third-order valence-electron chi connectivity index (χ3n) is 3.92. The summed E-state index contributed by atoms with van der Waals surface area (Å²) in [6, 6.07) is 11.7. The topological polar surface area (TPSA) is 92.8 Å². The molecule has 0 heterocycles. The molecule has 0 saturated carbocycles. The Morgan fingerprint density at radius 3 is 2.33 bits per heavy atom. The Hall–Kier alpha value is -2.92. The molecule has 0 unspecified atom stereocenters. The average molecular weight is 444 g/mol. The van der Waals surface area contributed by atoms with Gasteiger partial charge in [0.2, 0.25) is 10.0 Å². The number of para-hydroxylation sites is 1. The van der Waals surface area contributed by atoms with Crippen molar-refractivity contribution in [3.05, 3.63) is 60.2 Å². The number of carbonyl (C=O) groups is 2. The van der Waals surface area contributed by atoms with E-state index < -0.39 is 51.7 Å². The van der Waals surface area contributed by atoms with Gasteiger partial charge in [-0.15, -0.1) is 0 Å². The number of halogens is 3. The highest BCUT2D eigenvalue weighted by atomic mass is 32.2. The first-order chi connectivity index (χ1) is 14.0. The van der Waals surface area contributed by atoms with Crippen molar-refractivity contribution in [3.8, 4) is 0 Å². The molecular weight excluding hydrogens is 425 g/mol. The molecule has 0 aliphatic carbocycles. The molecule has 162 valence electrons. The highest BCUT2D eigenvalue weighted by molar-refractivity contribution is 7.89. The van der Waals surface area contributed by atoms with Gasteiger partial charge in [0.15, 0.2) is 6.61 Å². The highest BCUT2D eigenvalue weighted by Crippen LogP contribution is 2.30. The zero-order valence-corrected chi connectivity index (χ0v) is 16.7. The van der Waals surface area contributed by atoms with Crippen molar-refractivity contribution in [2.24, 2.45) is 0 Å². The number of hydrogen-bond donors (Lipinski definition) is 1. The second kappa shape index (κ2) is 9.72. The maximum absolute atomic E-state index is 12.7. The fourth-order valence-corrected chi connectivity index (χ4v) is 3.47. The lowest BCUT2D eigenvalue weighted by atomic mass is 10.2. The van der Waals surface area contributed by atoms with Crippen LogP contribution in [-0.2, 0) is 30.5 Å². The number of nitrogens with zero attached hydrogens (tertiary/aromatic N) is 1. The number of esters is 1. The second-order valence-corrected chi connectivity index (χ2v) is 7.75. The van der Waals surface area contributed by atoms with Gasteiger partial charge in [0, 0.05) is 12.2 Å². The number of benzene rings is 2. The van der Waals surface area contributed by atoms with E-state index in [2.05, 4.69) is 0 Å². The Balaban J connectivity index is 1.93. The SMILES string of the molecule is CCN(C(=O)COC(=O)CNS(=O)(=O)c1cccc(C(F)(F)F)c1)c1ccccc1. The van der Waals surface area contributed by atoms with Crippen LogP contribution in [0.4, 0.5) is 18.9 Å². The van der Waals surface area contributed by atoms with E-state index in [9.17, 15) is 31.2 Å². The predicted molar refractivity (Wildman–Crippen MR) is 102 cm³/mol. The number of likely N-dealkylation sites (N-methyl/N-ethyl adjacent to an activating group) is 1. The molecule has 1 amide bonds. The number of carbonyl (C=O) groups excluding carboxylic acids is 2. The van der Waals surface area contributed by atoms with Crippen LogP contribution in [0.2, 0.25) is 0 Å². The smallest absolute Gasteiger partial charge is 0.416 e. The predicted octanol–water partition coefficient (Wildman–Crippen LogP) is 2.58. The van der Waals surface area contributed by atoms with Crippen molar-refractivity contribution < 1.29 is 35.9 Å². The molecule has 0 atom stereocenters. The number of nitrogens with one attached hydrogen (secondary N) is 1. The summed E-state index contributed by atoms with van der Waals surface area (Å²) in [7, 11) is -4.39. The Labute approximate surface area is 171 Å². The molecule has 0 bridgehead atoms. The van der Waals surface area contributed by atoms with E-state index in [1.807, 2.05) is 4.72 Å². The lowest BCUT2D eigenvalue weighted by Gasteiger charge is -2.20. The number of hydrogen-bond acceptors (Lipinski definition) is 5. The van der Waals surface area contributed by atoms with Crippen molar-refractivity contribution in [1.82, 2.24) is 4.72 Å². The third kappa shape index (κ3) is 6.29. The van der Waals surface area contributed by atoms with Crippen LogP contribution in [0.1, 0.15) is 12.5 Å². The summed E-state index contributed by atoms with van der Waals surface area (Å²) in [4.78, 5) is 24.8. The number of rotatable bonds is 8. The summed E-state index contributed by atoms with van der Waals surface area (Å²) in [6.07, 6.45) is -4.71. The standard InChI is InChI=1S/C19H19F3N2O5S/c1-2-24(15-8-4-3-5-9-15)17(25)13-29-18(26)12-23-30(27,28)16-10-6-7-14(11-16)19(20,21)22/h3-11,23H,2,12-13H2,1H3. The van der Waals surface area contributed by atoms with Crippen LogP contribution in [0.25, 0.3) is 0 Å². The average Bonchev–Trinajstić information content (AvgIpc) is 2.71. The van der Waals surface area contributed by atoms with E-state index in [1.54, 1.807) is 37.3 Å². The molecule has 0 spiro atoms. The molecule has 30 heavy (non-hydrogen) atoms. The van der Waals surface area contributed by atoms with Gasteiger partial charge in [0.05, 0.1) is 10.5 Å². The molecular formula is C19H19F3N2O5S. The number of sulfonamides is 1. The molecule has 2 aromatic carbocycles. The summed E-state index contributed by atoms with van der Waals surface area (Å²) in [5.74, 6) is -1.57. The Bertz CT molecular complexity index is 995. The van der Waals surface area contributed by atoms with Gasteiger partial charge in [-0.25, -0.2) is 8.42 Å². The molecule has 0 aromatic heterocycles. The van der Waals surface area contributed by atoms with Crippen LogP contribution in [0.15, 0.2) is 59.5 Å². The van der Waals surface area contributed by atoms with Gasteiger partial charge in [-0.05, 0) is 37.3 Å². The van der Waals surface area contributed by atoms with Crippen LogP contribution in [-0.4, -0.2) is 40.0 Å². The number of amides is 1. The maximum Gasteiger partial charge on any atom is 0.416 e. The molecule has 2 aromatic rings. The summed E-state index contributed by atoms with van der Waals surface area (Å²) < 4.78 is 69.1. The van der Waals surface area contributed by atoms with Gasteiger partial charge in [-0.3, -0.25) is 9.59 Å². The number of anilines is 1. The second-order valence-electron chi connectivity index (χ2n) is 5.98. The summed E-state index contributed by atoms with van der Waals surface area (Å²) in [6.45, 7) is 0.592. The number of alkyl halides is 3. The molecule has 0 aliphatic rings. The number of ether oxygens (including phenoxy) is 1. The summed E-state index contributed by atoms with van der Waals surface area (Å²) in [5, 5.41) is 0. The maximum atomic E-state index is 12.7. The van der Waals surface area contributed by atoms with Crippen LogP contribution in [0.5, 0.6) is 0 Å². The van der Waals surface area contributed by atoms with E-state index in [0.29, 0.717) is 18.3 Å². The van der Waals surface area contributed by atoms with Gasteiger partial charge in [0.25, 0.3) is 5.91 Å². The first-order valence-electron chi connectivity index (χ1n) is 8.72. The van der Waals surface area contributed by atoms with Gasteiger partial charge >= 0.3 is 12.1 Å². The zero-order valence-electron chi connectivity index (χ0n) is 15.8. The summed E-state index contributed by atoms with van der Waals surface area (Å²) >= 11 is 0. The van der Waals surface area contributed by atoms with Gasteiger partial charge in [-0.1, -0.05) is 24.3 Å². The molecule has 0 saturated heterocycles. The van der Waals surface area contributed by atoms with Crippen LogP contribution < -0.4 is 9.62 Å². The van der Waals surface area contributed by atoms with E-state index in [-0.39, 0.29) is 0 Å². The van der Waals surface area contributed by atoms with Crippen molar-refractivity contribution in [2.75, 3.05) is 24.6 Å². The molecule has 7 nitrogen and oxygen atoms in total. The minimum atomic E-state index is -4.71. The van der Waals surface area contributed by atoms with E-state index >= 15 is 0 Å². The van der Waals surface area contributed by atoms with Gasteiger partial charge in [-0.2, -0.15) is 17.9 Å². The first-order valence-corrected chi connectivity index (χ1v) is 10.2. The van der Waals surface area contributed by atoms with E-state index in [4.69, 9.17) is 4.74 Å². The highest BCUT2D eigenvalue weighted by Gasteiger charge is 2.31. The largest absolute Gasteiger partial charge is 0.455 e. The van der Waals surface area contributed by atoms with Crippen molar-refractivity contribution in [1.29, 1.82) is 0 Å². The van der Waals surface area contributed by atoms with Crippen LogP contribution in [0.3, 0.4) is 0 Å². The van der Waals surface area contributed by atoms with Gasteiger partial charge < -0.3 is 9.64 Å². The van der Waals surface area contributed by atoms with Gasteiger partial charge in [0.1, 0.15) is 6.54 Å². The van der Waals surface area contributed by atoms with Crippen molar-refractivity contribution >= 4 is 27.6 Å². The molecule has 0 aliphatic heterocycles. The Morgan fingerprint density at radius 1 is 1.07 bits per heavy atom. The van der Waals surface area contributed by atoms with Crippen molar-refractivity contribution in [2.45, 2.75) is 18.0 Å². The normalized spacial score (nSPS) is 11.7. The molecule has 1 N–H and O–H groups in total. The van der Waals surface area contributed by atoms with E-state index in [1.165, 1.54) is 4.90 Å². The molecule has 11 heteroatoms. The zero-order chi connectivity index (χ0) is 22.4. The third-order valence-corrected chi connectivity index (χ3v) is 5.32. The lowest BCUT2D eigenvalue weighted by Crippen LogP contribution is -2.36. The van der Waals surface area contributed by atoms with Crippen LogP contribution >= 0.6 is 0 Å². The molecule has 2 rings (SSSR count).